The number of benzene rings is 1. The van der Waals surface area contributed by atoms with Gasteiger partial charge in [0.05, 0.1) is 10.6 Å². The summed E-state index contributed by atoms with van der Waals surface area (Å²) >= 11 is 5.54. The van der Waals surface area contributed by atoms with E-state index in [-0.39, 0.29) is 41.0 Å². The quantitative estimate of drug-likeness (QED) is 0.837. The lowest BCUT2D eigenvalue weighted by Gasteiger charge is -2.27. The summed E-state index contributed by atoms with van der Waals surface area (Å²) in [5, 5.41) is 5.39. The fourth-order valence-corrected chi connectivity index (χ4v) is 2.66. The van der Waals surface area contributed by atoms with Gasteiger partial charge in [-0.2, -0.15) is 13.2 Å². The number of carbonyl (C=O) groups is 1. The van der Waals surface area contributed by atoms with Gasteiger partial charge in [0.15, 0.2) is 0 Å². The van der Waals surface area contributed by atoms with Crippen molar-refractivity contribution in [1.82, 2.24) is 5.32 Å². The van der Waals surface area contributed by atoms with Crippen molar-refractivity contribution >= 4 is 35.6 Å². The molecular formula is C14H17Cl2F3N2O. The predicted octanol–water partition coefficient (Wildman–Crippen LogP) is 4.11. The van der Waals surface area contributed by atoms with Gasteiger partial charge in [0, 0.05) is 17.6 Å². The molecule has 124 valence electrons. The molecule has 1 aliphatic rings. The van der Waals surface area contributed by atoms with Crippen LogP contribution >= 0.6 is 24.0 Å². The molecule has 1 saturated heterocycles. The molecule has 1 aliphatic heterocycles. The second-order valence-corrected chi connectivity index (χ2v) is 5.67. The first-order chi connectivity index (χ1) is 9.77. The number of hydrogen-bond donors (Lipinski definition) is 2. The smallest absolute Gasteiger partial charge is 0.326 e. The molecule has 22 heavy (non-hydrogen) atoms. The molecule has 2 N–H and O–H groups in total. The predicted molar refractivity (Wildman–Crippen MR) is 82.5 cm³/mol. The molecule has 0 radical (unpaired) electrons. The average Bonchev–Trinajstić information content (AvgIpc) is 2.39. The zero-order chi connectivity index (χ0) is 15.6. The average molecular weight is 357 g/mol. The number of rotatable bonds is 2. The molecule has 2 atom stereocenters. The van der Waals surface area contributed by atoms with Crippen LogP contribution in [0.3, 0.4) is 0 Å². The lowest BCUT2D eigenvalue weighted by atomic mass is 9.92. The fourth-order valence-electron chi connectivity index (χ4n) is 2.43. The Balaban J connectivity index is 0.00000242. The molecule has 0 aliphatic carbocycles. The zero-order valence-electron chi connectivity index (χ0n) is 11.8. The first-order valence-corrected chi connectivity index (χ1v) is 7.06. The van der Waals surface area contributed by atoms with Crippen molar-refractivity contribution in [2.45, 2.75) is 32.0 Å². The maximum Gasteiger partial charge on any atom is 0.417 e. The third-order valence-electron chi connectivity index (χ3n) is 3.53. The highest BCUT2D eigenvalue weighted by Gasteiger charge is 2.33. The van der Waals surface area contributed by atoms with Crippen LogP contribution in [0.25, 0.3) is 0 Å². The van der Waals surface area contributed by atoms with Crippen molar-refractivity contribution in [3.8, 4) is 0 Å². The topological polar surface area (TPSA) is 41.1 Å². The van der Waals surface area contributed by atoms with Crippen molar-refractivity contribution in [3.63, 3.8) is 0 Å². The maximum atomic E-state index is 12.8. The lowest BCUT2D eigenvalue weighted by Crippen LogP contribution is -2.40. The molecule has 1 heterocycles. The highest BCUT2D eigenvalue weighted by molar-refractivity contribution is 6.31. The SMILES string of the molecule is C[C@H]1C[C@@H](C(=O)Nc2ccc(Cl)c(C(F)(F)F)c2)CCN1.Cl. The highest BCUT2D eigenvalue weighted by atomic mass is 35.5. The first kappa shape index (κ1) is 19.1. The Morgan fingerprint density at radius 3 is 2.68 bits per heavy atom. The van der Waals surface area contributed by atoms with Crippen LogP contribution in [0.4, 0.5) is 18.9 Å². The Morgan fingerprint density at radius 1 is 1.41 bits per heavy atom. The minimum atomic E-state index is -4.54. The van der Waals surface area contributed by atoms with Gasteiger partial charge in [-0.15, -0.1) is 12.4 Å². The van der Waals surface area contributed by atoms with Gasteiger partial charge in [-0.3, -0.25) is 4.79 Å². The summed E-state index contributed by atoms with van der Waals surface area (Å²) in [7, 11) is 0. The number of halogens is 5. The van der Waals surface area contributed by atoms with E-state index in [0.29, 0.717) is 12.8 Å². The van der Waals surface area contributed by atoms with Gasteiger partial charge >= 0.3 is 6.18 Å². The van der Waals surface area contributed by atoms with Crippen LogP contribution in [-0.4, -0.2) is 18.5 Å². The van der Waals surface area contributed by atoms with Crippen LogP contribution < -0.4 is 10.6 Å². The molecule has 1 fully saturated rings. The van der Waals surface area contributed by atoms with E-state index in [1.807, 2.05) is 6.92 Å². The third-order valence-corrected chi connectivity index (χ3v) is 3.86. The van der Waals surface area contributed by atoms with Gasteiger partial charge in [0.2, 0.25) is 5.91 Å². The molecular weight excluding hydrogens is 340 g/mol. The zero-order valence-corrected chi connectivity index (χ0v) is 13.4. The van der Waals surface area contributed by atoms with Crippen LogP contribution in [0.15, 0.2) is 18.2 Å². The molecule has 1 aromatic rings. The molecule has 1 aromatic carbocycles. The number of carbonyl (C=O) groups excluding carboxylic acids is 1. The molecule has 3 nitrogen and oxygen atoms in total. The van der Waals surface area contributed by atoms with Gasteiger partial charge in [-0.1, -0.05) is 11.6 Å². The second-order valence-electron chi connectivity index (χ2n) is 5.26. The molecule has 1 amide bonds. The van der Waals surface area contributed by atoms with Gasteiger partial charge in [0.25, 0.3) is 0 Å². The van der Waals surface area contributed by atoms with Gasteiger partial charge in [-0.25, -0.2) is 0 Å². The van der Waals surface area contributed by atoms with Crippen LogP contribution in [0.1, 0.15) is 25.3 Å². The van der Waals surface area contributed by atoms with Crippen LogP contribution in [-0.2, 0) is 11.0 Å². The minimum absolute atomic E-state index is 0. The van der Waals surface area contributed by atoms with Gasteiger partial charge in [0.1, 0.15) is 0 Å². The summed E-state index contributed by atoms with van der Waals surface area (Å²) < 4.78 is 38.3. The summed E-state index contributed by atoms with van der Waals surface area (Å²) in [6.07, 6.45) is -3.19. The van der Waals surface area contributed by atoms with Crippen LogP contribution in [0, 0.1) is 5.92 Å². The van der Waals surface area contributed by atoms with E-state index in [2.05, 4.69) is 10.6 Å². The first-order valence-electron chi connectivity index (χ1n) is 6.68. The summed E-state index contributed by atoms with van der Waals surface area (Å²) in [6, 6.07) is 3.61. The summed E-state index contributed by atoms with van der Waals surface area (Å²) in [4.78, 5) is 12.1. The van der Waals surface area contributed by atoms with Crippen molar-refractivity contribution < 1.29 is 18.0 Å². The van der Waals surface area contributed by atoms with E-state index in [0.717, 1.165) is 18.7 Å². The Labute approximate surface area is 138 Å². The molecule has 0 unspecified atom stereocenters. The number of nitrogens with one attached hydrogen (secondary N) is 2. The number of hydrogen-bond acceptors (Lipinski definition) is 2. The van der Waals surface area contributed by atoms with E-state index in [9.17, 15) is 18.0 Å². The van der Waals surface area contributed by atoms with Crippen molar-refractivity contribution in [2.24, 2.45) is 5.92 Å². The lowest BCUT2D eigenvalue weighted by molar-refractivity contribution is -0.137. The Hall–Kier alpha value is -0.980. The Kier molecular flexibility index (Phi) is 6.52. The van der Waals surface area contributed by atoms with E-state index in [1.54, 1.807) is 0 Å². The van der Waals surface area contributed by atoms with Crippen molar-refractivity contribution in [2.75, 3.05) is 11.9 Å². The highest BCUT2D eigenvalue weighted by Crippen LogP contribution is 2.36. The second kappa shape index (κ2) is 7.53. The third kappa shape index (κ3) is 4.76. The molecule has 0 saturated carbocycles. The van der Waals surface area contributed by atoms with Crippen molar-refractivity contribution in [1.29, 1.82) is 0 Å². The summed E-state index contributed by atoms with van der Waals surface area (Å²) in [6.45, 7) is 2.71. The molecule has 0 bridgehead atoms. The Bertz CT molecular complexity index is 537. The number of alkyl halides is 3. The minimum Gasteiger partial charge on any atom is -0.326 e. The molecule has 8 heteroatoms. The number of anilines is 1. The molecule has 0 aromatic heterocycles. The standard InChI is InChI=1S/C14H16ClF3N2O.ClH/c1-8-6-9(4-5-19-8)13(21)20-10-2-3-12(15)11(7-10)14(16,17)18;/h2-3,7-9,19H,4-6H2,1H3,(H,20,21);1H/t8-,9-;/m0./s1. The van der Waals surface area contributed by atoms with E-state index in [4.69, 9.17) is 11.6 Å². The number of amides is 1. The molecule has 2 rings (SSSR count). The van der Waals surface area contributed by atoms with E-state index in [1.165, 1.54) is 6.07 Å². The van der Waals surface area contributed by atoms with E-state index < -0.39 is 11.7 Å². The number of piperidine rings is 1. The largest absolute Gasteiger partial charge is 0.417 e. The van der Waals surface area contributed by atoms with Crippen LogP contribution in [0.5, 0.6) is 0 Å². The van der Waals surface area contributed by atoms with Crippen LogP contribution in [0.2, 0.25) is 5.02 Å². The Morgan fingerprint density at radius 2 is 2.09 bits per heavy atom. The maximum absolute atomic E-state index is 12.8. The van der Waals surface area contributed by atoms with Gasteiger partial charge in [-0.05, 0) is 44.5 Å². The van der Waals surface area contributed by atoms with E-state index >= 15 is 0 Å². The van der Waals surface area contributed by atoms with Gasteiger partial charge < -0.3 is 10.6 Å². The normalized spacial score (nSPS) is 21.9. The summed E-state index contributed by atoms with van der Waals surface area (Å²) in [5.74, 6) is -0.440. The van der Waals surface area contributed by atoms with Crippen molar-refractivity contribution in [3.05, 3.63) is 28.8 Å². The molecule has 0 spiro atoms. The summed E-state index contributed by atoms with van der Waals surface area (Å²) in [5.41, 5.74) is -0.830. The monoisotopic (exact) mass is 356 g/mol. The fraction of sp³-hybridized carbons (Fsp3) is 0.500.